The van der Waals surface area contributed by atoms with Gasteiger partial charge in [0.1, 0.15) is 4.60 Å². The monoisotopic (exact) mass is 237 g/mol. The fraction of sp³-hybridized carbons (Fsp3) is 0.182. The summed E-state index contributed by atoms with van der Waals surface area (Å²) in [5.41, 5.74) is 1.03. The van der Waals surface area contributed by atoms with Crippen molar-refractivity contribution in [1.29, 1.82) is 0 Å². The van der Waals surface area contributed by atoms with E-state index >= 15 is 0 Å². The van der Waals surface area contributed by atoms with Crippen molar-refractivity contribution >= 4 is 26.8 Å². The Bertz CT molecular complexity index is 385. The quantitative estimate of drug-likeness (QED) is 0.631. The van der Waals surface area contributed by atoms with Crippen LogP contribution in [-0.2, 0) is 0 Å². The van der Waals surface area contributed by atoms with Gasteiger partial charge in [-0.15, -0.1) is 0 Å². The van der Waals surface area contributed by atoms with Crippen LogP contribution in [0.5, 0.6) is 0 Å². The number of pyridine rings is 1. The van der Waals surface area contributed by atoms with Crippen molar-refractivity contribution in [3.63, 3.8) is 0 Å². The van der Waals surface area contributed by atoms with Crippen LogP contribution in [0.25, 0.3) is 10.9 Å². The van der Waals surface area contributed by atoms with Crippen LogP contribution in [0.3, 0.4) is 0 Å². The van der Waals surface area contributed by atoms with E-state index in [0.29, 0.717) is 0 Å². The highest BCUT2D eigenvalue weighted by Crippen LogP contribution is 2.14. The van der Waals surface area contributed by atoms with Crippen LogP contribution in [0.1, 0.15) is 13.8 Å². The molecule has 0 aliphatic heterocycles. The molecule has 0 unspecified atom stereocenters. The summed E-state index contributed by atoms with van der Waals surface area (Å²) in [5, 5.41) is 1.18. The van der Waals surface area contributed by atoms with Gasteiger partial charge in [0, 0.05) is 5.39 Å². The van der Waals surface area contributed by atoms with Gasteiger partial charge in [-0.2, -0.15) is 0 Å². The van der Waals surface area contributed by atoms with E-state index < -0.39 is 0 Å². The van der Waals surface area contributed by atoms with Crippen LogP contribution in [0.15, 0.2) is 41.0 Å². The lowest BCUT2D eigenvalue weighted by atomic mass is 10.2. The van der Waals surface area contributed by atoms with Crippen molar-refractivity contribution in [2.75, 3.05) is 0 Å². The molecular formula is C11H12BrN. The molecule has 0 N–H and O–H groups in total. The maximum atomic E-state index is 4.29. The van der Waals surface area contributed by atoms with E-state index in [4.69, 9.17) is 0 Å². The van der Waals surface area contributed by atoms with E-state index in [0.717, 1.165) is 10.1 Å². The van der Waals surface area contributed by atoms with Gasteiger partial charge in [-0.1, -0.05) is 38.1 Å². The minimum atomic E-state index is 0.885. The molecule has 1 heterocycles. The van der Waals surface area contributed by atoms with Gasteiger partial charge in [0.15, 0.2) is 0 Å². The van der Waals surface area contributed by atoms with Crippen molar-refractivity contribution in [2.45, 2.75) is 13.8 Å². The largest absolute Gasteiger partial charge is 0.241 e. The molecule has 68 valence electrons. The standard InChI is InChI=1S/C9H6BrN.C2H6/c10-9-6-5-7-3-1-2-4-8(7)11-9;1-2/h1-6H;1-2H3. The number of aromatic nitrogens is 1. The van der Waals surface area contributed by atoms with Gasteiger partial charge < -0.3 is 0 Å². The van der Waals surface area contributed by atoms with Crippen molar-refractivity contribution in [3.8, 4) is 0 Å². The van der Waals surface area contributed by atoms with Gasteiger partial charge in [0.25, 0.3) is 0 Å². The normalized spacial score (nSPS) is 9.15. The summed E-state index contributed by atoms with van der Waals surface area (Å²) < 4.78 is 0.885. The second-order valence-electron chi connectivity index (χ2n) is 2.33. The van der Waals surface area contributed by atoms with E-state index in [9.17, 15) is 0 Å². The maximum Gasteiger partial charge on any atom is 0.106 e. The van der Waals surface area contributed by atoms with Gasteiger partial charge in [0.05, 0.1) is 5.52 Å². The number of rotatable bonds is 0. The third kappa shape index (κ3) is 2.52. The van der Waals surface area contributed by atoms with Crippen molar-refractivity contribution < 1.29 is 0 Å². The maximum absolute atomic E-state index is 4.29. The molecule has 1 nitrogen and oxygen atoms in total. The average molecular weight is 238 g/mol. The molecule has 0 spiro atoms. The fourth-order valence-corrected chi connectivity index (χ4v) is 1.36. The van der Waals surface area contributed by atoms with Gasteiger partial charge in [-0.05, 0) is 28.1 Å². The third-order valence-electron chi connectivity index (χ3n) is 1.56. The molecule has 0 atom stereocenters. The molecule has 0 bridgehead atoms. The minimum Gasteiger partial charge on any atom is -0.241 e. The first-order valence-electron chi connectivity index (χ1n) is 4.37. The number of hydrogen-bond acceptors (Lipinski definition) is 1. The van der Waals surface area contributed by atoms with Crippen LogP contribution >= 0.6 is 15.9 Å². The Balaban J connectivity index is 0.000000396. The van der Waals surface area contributed by atoms with Crippen molar-refractivity contribution in [3.05, 3.63) is 41.0 Å². The zero-order valence-corrected chi connectivity index (χ0v) is 9.38. The lowest BCUT2D eigenvalue weighted by Crippen LogP contribution is -1.77. The van der Waals surface area contributed by atoms with Crippen LogP contribution in [0.2, 0.25) is 0 Å². The van der Waals surface area contributed by atoms with E-state index in [-0.39, 0.29) is 0 Å². The Labute approximate surface area is 86.9 Å². The highest BCUT2D eigenvalue weighted by Gasteiger charge is 1.92. The SMILES string of the molecule is Brc1ccc2ccccc2n1.CC. The summed E-state index contributed by atoms with van der Waals surface area (Å²) in [6.45, 7) is 4.00. The molecule has 2 aromatic rings. The summed E-state index contributed by atoms with van der Waals surface area (Å²) in [6.07, 6.45) is 0. The number of nitrogens with zero attached hydrogens (tertiary/aromatic N) is 1. The zero-order valence-electron chi connectivity index (χ0n) is 7.79. The molecule has 0 radical (unpaired) electrons. The first kappa shape index (κ1) is 10.2. The topological polar surface area (TPSA) is 12.9 Å². The molecule has 0 amide bonds. The molecule has 0 saturated carbocycles. The van der Waals surface area contributed by atoms with Gasteiger partial charge in [0.2, 0.25) is 0 Å². The van der Waals surface area contributed by atoms with Gasteiger partial charge >= 0.3 is 0 Å². The minimum absolute atomic E-state index is 0.885. The fourth-order valence-electron chi connectivity index (χ4n) is 1.04. The highest BCUT2D eigenvalue weighted by atomic mass is 79.9. The number of para-hydroxylation sites is 1. The lowest BCUT2D eigenvalue weighted by Gasteiger charge is -1.94. The third-order valence-corrected chi connectivity index (χ3v) is 2.01. The summed E-state index contributed by atoms with van der Waals surface area (Å²) in [4.78, 5) is 4.29. The average Bonchev–Trinajstić information content (AvgIpc) is 2.21. The molecule has 0 fully saturated rings. The van der Waals surface area contributed by atoms with Crippen LogP contribution < -0.4 is 0 Å². The molecule has 13 heavy (non-hydrogen) atoms. The van der Waals surface area contributed by atoms with Crippen molar-refractivity contribution in [1.82, 2.24) is 4.98 Å². The first-order valence-corrected chi connectivity index (χ1v) is 5.17. The number of hydrogen-bond donors (Lipinski definition) is 0. The second kappa shape index (κ2) is 4.97. The number of fused-ring (bicyclic) bond motifs is 1. The first-order chi connectivity index (χ1) is 6.36. The van der Waals surface area contributed by atoms with Crippen molar-refractivity contribution in [2.24, 2.45) is 0 Å². The second-order valence-corrected chi connectivity index (χ2v) is 3.14. The predicted molar refractivity (Wildman–Crippen MR) is 60.8 cm³/mol. The predicted octanol–water partition coefficient (Wildman–Crippen LogP) is 4.02. The summed E-state index contributed by atoms with van der Waals surface area (Å²) >= 11 is 3.32. The van der Waals surface area contributed by atoms with E-state index in [1.165, 1.54) is 5.39 Å². The Morgan fingerprint density at radius 1 is 1.00 bits per heavy atom. The molecule has 2 heteroatoms. The molecule has 0 saturated heterocycles. The lowest BCUT2D eigenvalue weighted by molar-refractivity contribution is 1.35. The van der Waals surface area contributed by atoms with Gasteiger partial charge in [-0.3, -0.25) is 0 Å². The van der Waals surface area contributed by atoms with E-state index in [1.807, 2.05) is 44.2 Å². The van der Waals surface area contributed by atoms with E-state index in [1.54, 1.807) is 0 Å². The molecule has 1 aromatic heterocycles. The Kier molecular flexibility index (Phi) is 3.90. The van der Waals surface area contributed by atoms with Gasteiger partial charge in [-0.25, -0.2) is 4.98 Å². The molecule has 0 aliphatic rings. The summed E-state index contributed by atoms with van der Waals surface area (Å²) in [6, 6.07) is 12.0. The molecule has 1 aromatic carbocycles. The number of halogens is 1. The number of benzene rings is 1. The summed E-state index contributed by atoms with van der Waals surface area (Å²) in [7, 11) is 0. The van der Waals surface area contributed by atoms with E-state index in [2.05, 4.69) is 27.0 Å². The van der Waals surface area contributed by atoms with Crippen LogP contribution in [0.4, 0.5) is 0 Å². The highest BCUT2D eigenvalue weighted by molar-refractivity contribution is 9.10. The Morgan fingerprint density at radius 3 is 2.46 bits per heavy atom. The molecular weight excluding hydrogens is 226 g/mol. The Morgan fingerprint density at radius 2 is 1.69 bits per heavy atom. The zero-order chi connectivity index (χ0) is 9.68. The van der Waals surface area contributed by atoms with Crippen LogP contribution in [0, 0.1) is 0 Å². The molecule has 2 rings (SSSR count). The Hall–Kier alpha value is -0.890. The van der Waals surface area contributed by atoms with Crippen LogP contribution in [-0.4, -0.2) is 4.98 Å². The smallest absolute Gasteiger partial charge is 0.106 e. The molecule has 0 aliphatic carbocycles. The summed E-state index contributed by atoms with van der Waals surface area (Å²) in [5.74, 6) is 0.